The van der Waals surface area contributed by atoms with E-state index in [4.69, 9.17) is 5.11 Å². The highest BCUT2D eigenvalue weighted by atomic mass is 32.1. The van der Waals surface area contributed by atoms with Gasteiger partial charge in [-0.1, -0.05) is 6.92 Å². The predicted molar refractivity (Wildman–Crippen MR) is 72.6 cm³/mol. The first-order valence-electron chi connectivity index (χ1n) is 6.31. The number of likely N-dealkylation sites (tertiary alicyclic amines) is 1. The van der Waals surface area contributed by atoms with Crippen molar-refractivity contribution in [2.75, 3.05) is 25.0 Å². The van der Waals surface area contributed by atoms with Crippen LogP contribution in [-0.4, -0.2) is 46.0 Å². The first-order chi connectivity index (χ1) is 8.63. The number of rotatable bonds is 5. The van der Waals surface area contributed by atoms with Crippen LogP contribution in [0.1, 0.15) is 35.8 Å². The highest BCUT2D eigenvalue weighted by Crippen LogP contribution is 2.25. The number of aryl methyl sites for hydroxylation is 1. The number of carbonyl (C=O) groups is 1. The second-order valence-corrected chi connectivity index (χ2v) is 5.36. The molecule has 2 rings (SSSR count). The van der Waals surface area contributed by atoms with Gasteiger partial charge in [-0.05, 0) is 44.4 Å². The molecule has 1 aromatic rings. The normalized spacial score (nSPS) is 20.2. The van der Waals surface area contributed by atoms with E-state index in [0.29, 0.717) is 22.3 Å². The average molecular weight is 269 g/mol. The summed E-state index contributed by atoms with van der Waals surface area (Å²) in [6, 6.07) is 0.513. The van der Waals surface area contributed by atoms with Crippen LogP contribution >= 0.6 is 11.5 Å². The van der Waals surface area contributed by atoms with Gasteiger partial charge in [-0.25, -0.2) is 4.79 Å². The smallest absolute Gasteiger partial charge is 0.340 e. The summed E-state index contributed by atoms with van der Waals surface area (Å²) in [5.74, 6) is -0.900. The largest absolute Gasteiger partial charge is 0.478 e. The fraction of sp³-hybridized carbons (Fsp3) is 0.667. The van der Waals surface area contributed by atoms with Gasteiger partial charge in [-0.3, -0.25) is 4.90 Å². The van der Waals surface area contributed by atoms with E-state index in [9.17, 15) is 4.79 Å². The van der Waals surface area contributed by atoms with Gasteiger partial charge in [0.2, 0.25) is 0 Å². The molecule has 2 heterocycles. The van der Waals surface area contributed by atoms with Crippen molar-refractivity contribution in [1.82, 2.24) is 9.27 Å². The highest BCUT2D eigenvalue weighted by molar-refractivity contribution is 7.10. The third-order valence-electron chi connectivity index (χ3n) is 3.48. The summed E-state index contributed by atoms with van der Waals surface area (Å²) in [5.41, 5.74) is 0.912. The van der Waals surface area contributed by atoms with Crippen LogP contribution in [-0.2, 0) is 0 Å². The highest BCUT2D eigenvalue weighted by Gasteiger charge is 2.24. The van der Waals surface area contributed by atoms with Gasteiger partial charge in [0.15, 0.2) is 0 Å². The van der Waals surface area contributed by atoms with Gasteiger partial charge in [-0.2, -0.15) is 4.37 Å². The number of hydrogen-bond donors (Lipinski definition) is 2. The lowest BCUT2D eigenvalue weighted by molar-refractivity contribution is 0.0697. The minimum atomic E-state index is -0.900. The number of nitrogens with zero attached hydrogens (tertiary/aromatic N) is 2. The molecule has 6 heteroatoms. The van der Waals surface area contributed by atoms with Crippen molar-refractivity contribution in [2.45, 2.75) is 32.7 Å². The maximum Gasteiger partial charge on any atom is 0.340 e. The molecule has 1 fully saturated rings. The standard InChI is InChI=1S/C12H19N3O2S/c1-3-15-6-4-5-9(15)7-13-11-10(12(16)17)8(2)14-18-11/h9,13H,3-7H2,1-2H3,(H,16,17). The molecule has 1 atom stereocenters. The molecule has 1 aliphatic heterocycles. The van der Waals surface area contributed by atoms with Crippen molar-refractivity contribution in [3.8, 4) is 0 Å². The summed E-state index contributed by atoms with van der Waals surface area (Å²) in [6.07, 6.45) is 2.41. The lowest BCUT2D eigenvalue weighted by atomic mass is 10.2. The molecule has 1 saturated heterocycles. The Morgan fingerprint density at radius 2 is 2.44 bits per heavy atom. The first kappa shape index (κ1) is 13.3. The van der Waals surface area contributed by atoms with Crippen molar-refractivity contribution >= 4 is 22.5 Å². The molecule has 0 amide bonds. The van der Waals surface area contributed by atoms with E-state index in [1.807, 2.05) is 0 Å². The van der Waals surface area contributed by atoms with Crippen molar-refractivity contribution in [3.63, 3.8) is 0 Å². The molecule has 1 aromatic heterocycles. The Kier molecular flexibility index (Phi) is 4.19. The fourth-order valence-electron chi connectivity index (χ4n) is 2.50. The summed E-state index contributed by atoms with van der Waals surface area (Å²) >= 11 is 1.24. The third-order valence-corrected chi connectivity index (χ3v) is 4.38. The van der Waals surface area contributed by atoms with Crippen molar-refractivity contribution in [3.05, 3.63) is 11.3 Å². The van der Waals surface area contributed by atoms with Crippen LogP contribution in [0, 0.1) is 6.92 Å². The molecule has 18 heavy (non-hydrogen) atoms. The van der Waals surface area contributed by atoms with E-state index in [1.165, 1.54) is 24.4 Å². The van der Waals surface area contributed by atoms with Gasteiger partial charge in [0, 0.05) is 12.6 Å². The Bertz CT molecular complexity index is 433. The maximum absolute atomic E-state index is 11.1. The second kappa shape index (κ2) is 5.67. The molecule has 0 aliphatic carbocycles. The molecule has 0 spiro atoms. The van der Waals surface area contributed by atoms with Gasteiger partial charge in [0.25, 0.3) is 0 Å². The average Bonchev–Trinajstić information content (AvgIpc) is 2.92. The zero-order valence-electron chi connectivity index (χ0n) is 10.8. The quantitative estimate of drug-likeness (QED) is 0.856. The van der Waals surface area contributed by atoms with Crippen LogP contribution in [0.3, 0.4) is 0 Å². The molecule has 0 saturated carbocycles. The van der Waals surface area contributed by atoms with Crippen LogP contribution in [0.25, 0.3) is 0 Å². The van der Waals surface area contributed by atoms with Crippen LogP contribution in [0.15, 0.2) is 0 Å². The van der Waals surface area contributed by atoms with Gasteiger partial charge >= 0.3 is 5.97 Å². The first-order valence-corrected chi connectivity index (χ1v) is 7.08. The number of hydrogen-bond acceptors (Lipinski definition) is 5. The van der Waals surface area contributed by atoms with Gasteiger partial charge in [-0.15, -0.1) is 0 Å². The SMILES string of the molecule is CCN1CCCC1CNc1snc(C)c1C(=O)O. The Morgan fingerprint density at radius 1 is 1.67 bits per heavy atom. The van der Waals surface area contributed by atoms with E-state index < -0.39 is 5.97 Å². The molecule has 0 bridgehead atoms. The molecule has 2 N–H and O–H groups in total. The Balaban J connectivity index is 2.00. The Hall–Kier alpha value is -1.14. The number of aromatic carboxylic acids is 1. The molecule has 5 nitrogen and oxygen atoms in total. The zero-order chi connectivity index (χ0) is 13.1. The third kappa shape index (κ3) is 2.64. The molecular weight excluding hydrogens is 250 g/mol. The fourth-order valence-corrected chi connectivity index (χ4v) is 3.29. The van der Waals surface area contributed by atoms with Crippen molar-refractivity contribution in [1.29, 1.82) is 0 Å². The zero-order valence-corrected chi connectivity index (χ0v) is 11.6. The Morgan fingerprint density at radius 3 is 3.11 bits per heavy atom. The van der Waals surface area contributed by atoms with Crippen molar-refractivity contribution in [2.24, 2.45) is 0 Å². The van der Waals surface area contributed by atoms with Crippen LogP contribution in [0.2, 0.25) is 0 Å². The van der Waals surface area contributed by atoms with Gasteiger partial charge < -0.3 is 10.4 Å². The summed E-state index contributed by atoms with van der Waals surface area (Å²) in [6.45, 7) is 6.91. The number of carboxylic acid groups (broad SMARTS) is 1. The number of aromatic nitrogens is 1. The molecule has 0 aromatic carbocycles. The van der Waals surface area contributed by atoms with E-state index in [2.05, 4.69) is 21.5 Å². The minimum absolute atomic E-state index is 0.320. The summed E-state index contributed by atoms with van der Waals surface area (Å²) in [5, 5.41) is 13.1. The van der Waals surface area contributed by atoms with E-state index >= 15 is 0 Å². The van der Waals surface area contributed by atoms with E-state index in [1.54, 1.807) is 6.92 Å². The molecule has 0 radical (unpaired) electrons. The number of carboxylic acids is 1. The number of nitrogens with one attached hydrogen (secondary N) is 1. The summed E-state index contributed by atoms with van der Waals surface area (Å²) in [7, 11) is 0. The van der Waals surface area contributed by atoms with Gasteiger partial charge in [0.05, 0.1) is 5.69 Å². The monoisotopic (exact) mass is 269 g/mol. The number of anilines is 1. The van der Waals surface area contributed by atoms with Gasteiger partial charge in [0.1, 0.15) is 10.6 Å². The Labute approximate surface area is 111 Å². The molecule has 1 aliphatic rings. The lowest BCUT2D eigenvalue weighted by Gasteiger charge is -2.23. The topological polar surface area (TPSA) is 65.5 Å². The van der Waals surface area contributed by atoms with E-state index in [0.717, 1.165) is 19.6 Å². The lowest BCUT2D eigenvalue weighted by Crippen LogP contribution is -2.34. The van der Waals surface area contributed by atoms with Crippen LogP contribution in [0.5, 0.6) is 0 Å². The minimum Gasteiger partial charge on any atom is -0.478 e. The molecule has 1 unspecified atom stereocenters. The molecular formula is C12H19N3O2S. The summed E-state index contributed by atoms with van der Waals surface area (Å²) < 4.78 is 4.11. The van der Waals surface area contributed by atoms with Crippen LogP contribution < -0.4 is 5.32 Å². The molecule has 100 valence electrons. The maximum atomic E-state index is 11.1. The summed E-state index contributed by atoms with van der Waals surface area (Å²) in [4.78, 5) is 13.6. The number of likely N-dealkylation sites (N-methyl/N-ethyl adjacent to an activating group) is 1. The predicted octanol–water partition coefficient (Wildman–Crippen LogP) is 2.05. The van der Waals surface area contributed by atoms with E-state index in [-0.39, 0.29) is 0 Å². The van der Waals surface area contributed by atoms with Crippen LogP contribution in [0.4, 0.5) is 5.00 Å². The second-order valence-electron chi connectivity index (χ2n) is 4.58. The van der Waals surface area contributed by atoms with Crippen molar-refractivity contribution < 1.29 is 9.90 Å².